The second kappa shape index (κ2) is 6.08. The number of hydrogen-bond donors (Lipinski definition) is 1. The summed E-state index contributed by atoms with van der Waals surface area (Å²) < 4.78 is 5.02. The molecule has 2 heterocycles. The minimum atomic E-state index is -0.0631. The van der Waals surface area contributed by atoms with E-state index in [0.717, 1.165) is 0 Å². The Morgan fingerprint density at radius 3 is 3.00 bits per heavy atom. The molecule has 0 radical (unpaired) electrons. The summed E-state index contributed by atoms with van der Waals surface area (Å²) in [4.78, 5) is 32.7. The SMILES string of the molecule is COc1cc(N)nc(N2CC(CSC(C)=O)CC2=O)n1. The van der Waals surface area contributed by atoms with Crippen LogP contribution in [0.25, 0.3) is 0 Å². The highest BCUT2D eigenvalue weighted by Crippen LogP contribution is 2.27. The minimum Gasteiger partial charge on any atom is -0.481 e. The summed E-state index contributed by atoms with van der Waals surface area (Å²) in [7, 11) is 1.48. The van der Waals surface area contributed by atoms with Crippen molar-refractivity contribution in [2.24, 2.45) is 5.92 Å². The molecule has 1 amide bonds. The van der Waals surface area contributed by atoms with E-state index in [9.17, 15) is 9.59 Å². The molecule has 0 bridgehead atoms. The van der Waals surface area contributed by atoms with Gasteiger partial charge in [0.1, 0.15) is 5.82 Å². The largest absolute Gasteiger partial charge is 0.481 e. The molecule has 0 aliphatic carbocycles. The van der Waals surface area contributed by atoms with E-state index < -0.39 is 0 Å². The van der Waals surface area contributed by atoms with Crippen molar-refractivity contribution in [3.8, 4) is 5.88 Å². The van der Waals surface area contributed by atoms with Crippen LogP contribution >= 0.6 is 11.8 Å². The number of amides is 1. The van der Waals surface area contributed by atoms with Crippen molar-refractivity contribution in [1.82, 2.24) is 9.97 Å². The molecule has 1 aliphatic rings. The molecular formula is C12H16N4O3S. The molecule has 1 aromatic rings. The normalized spacial score (nSPS) is 18.4. The lowest BCUT2D eigenvalue weighted by Crippen LogP contribution is -2.27. The van der Waals surface area contributed by atoms with E-state index in [1.54, 1.807) is 0 Å². The molecule has 1 aliphatic heterocycles. The average molecular weight is 296 g/mol. The summed E-state index contributed by atoms with van der Waals surface area (Å²) >= 11 is 1.23. The molecule has 1 atom stereocenters. The van der Waals surface area contributed by atoms with Gasteiger partial charge in [-0.05, 0) is 5.92 Å². The fourth-order valence-electron chi connectivity index (χ4n) is 1.98. The van der Waals surface area contributed by atoms with Gasteiger partial charge in [0.2, 0.25) is 17.7 Å². The van der Waals surface area contributed by atoms with Crippen LogP contribution in [-0.4, -0.2) is 40.4 Å². The molecular weight excluding hydrogens is 280 g/mol. The van der Waals surface area contributed by atoms with Gasteiger partial charge in [0, 0.05) is 31.7 Å². The molecule has 1 unspecified atom stereocenters. The summed E-state index contributed by atoms with van der Waals surface area (Å²) in [5, 5.41) is 0.0535. The van der Waals surface area contributed by atoms with Gasteiger partial charge in [0.25, 0.3) is 0 Å². The van der Waals surface area contributed by atoms with E-state index in [1.807, 2.05) is 0 Å². The van der Waals surface area contributed by atoms with E-state index in [-0.39, 0.29) is 28.7 Å². The topological polar surface area (TPSA) is 98.4 Å². The van der Waals surface area contributed by atoms with E-state index in [0.29, 0.717) is 24.6 Å². The Kier molecular flexibility index (Phi) is 4.43. The van der Waals surface area contributed by atoms with Crippen LogP contribution in [0, 0.1) is 5.92 Å². The summed E-state index contributed by atoms with van der Waals surface area (Å²) in [6.07, 6.45) is 0.390. The lowest BCUT2D eigenvalue weighted by Gasteiger charge is -2.15. The number of nitrogens with two attached hydrogens (primary N) is 1. The fourth-order valence-corrected chi connectivity index (χ4v) is 2.67. The van der Waals surface area contributed by atoms with Crippen molar-refractivity contribution in [2.75, 3.05) is 30.0 Å². The van der Waals surface area contributed by atoms with Gasteiger partial charge >= 0.3 is 0 Å². The monoisotopic (exact) mass is 296 g/mol. The number of thioether (sulfide) groups is 1. The predicted octanol–water partition coefficient (Wildman–Crippen LogP) is 0.700. The maximum absolute atomic E-state index is 12.0. The first-order chi connectivity index (χ1) is 9.49. The van der Waals surface area contributed by atoms with Crippen LogP contribution in [0.1, 0.15) is 13.3 Å². The standard InChI is InChI=1S/C12H16N4O3S/c1-7(17)20-6-8-3-11(18)16(5-8)12-14-9(13)4-10(15-12)19-2/h4,8H,3,5-6H2,1-2H3,(H2,13,14,15). The van der Waals surface area contributed by atoms with Crippen LogP contribution in [0.5, 0.6) is 5.88 Å². The molecule has 0 aromatic carbocycles. The number of methoxy groups -OCH3 is 1. The third-order valence-electron chi connectivity index (χ3n) is 2.89. The van der Waals surface area contributed by atoms with Gasteiger partial charge in [-0.3, -0.25) is 14.5 Å². The molecule has 108 valence electrons. The molecule has 2 rings (SSSR count). The number of nitrogens with zero attached hydrogens (tertiary/aromatic N) is 3. The van der Waals surface area contributed by atoms with E-state index in [1.165, 1.54) is 36.8 Å². The Hall–Kier alpha value is -1.83. The number of carbonyl (C=O) groups is 2. The summed E-state index contributed by atoms with van der Waals surface area (Å²) in [6.45, 7) is 2.01. The van der Waals surface area contributed by atoms with E-state index >= 15 is 0 Å². The molecule has 1 aromatic heterocycles. The zero-order valence-electron chi connectivity index (χ0n) is 11.3. The highest BCUT2D eigenvalue weighted by molar-refractivity contribution is 8.13. The van der Waals surface area contributed by atoms with Crippen LogP contribution in [0.15, 0.2) is 6.07 Å². The summed E-state index contributed by atoms with van der Waals surface area (Å²) in [5.41, 5.74) is 5.66. The molecule has 8 heteroatoms. The quantitative estimate of drug-likeness (QED) is 0.873. The second-order valence-corrected chi connectivity index (χ2v) is 5.71. The molecule has 20 heavy (non-hydrogen) atoms. The van der Waals surface area contributed by atoms with Crippen LogP contribution in [0.4, 0.5) is 11.8 Å². The van der Waals surface area contributed by atoms with Gasteiger partial charge in [-0.1, -0.05) is 11.8 Å². The summed E-state index contributed by atoms with van der Waals surface area (Å²) in [6, 6.07) is 1.49. The molecule has 1 fully saturated rings. The highest BCUT2D eigenvalue weighted by atomic mass is 32.2. The Balaban J connectivity index is 2.11. The zero-order chi connectivity index (χ0) is 14.7. The number of hydrogen-bond acceptors (Lipinski definition) is 7. The smallest absolute Gasteiger partial charge is 0.237 e. The number of ether oxygens (including phenoxy) is 1. The fraction of sp³-hybridized carbons (Fsp3) is 0.500. The van der Waals surface area contributed by atoms with Crippen molar-refractivity contribution in [3.63, 3.8) is 0 Å². The van der Waals surface area contributed by atoms with E-state index in [2.05, 4.69) is 9.97 Å². The predicted molar refractivity (Wildman–Crippen MR) is 76.6 cm³/mol. The van der Waals surface area contributed by atoms with Crippen molar-refractivity contribution in [3.05, 3.63) is 6.07 Å². The van der Waals surface area contributed by atoms with Crippen LogP contribution in [-0.2, 0) is 9.59 Å². The van der Waals surface area contributed by atoms with Crippen LogP contribution in [0.2, 0.25) is 0 Å². The van der Waals surface area contributed by atoms with Crippen LogP contribution < -0.4 is 15.4 Å². The van der Waals surface area contributed by atoms with Gasteiger partial charge in [-0.2, -0.15) is 9.97 Å². The first kappa shape index (κ1) is 14.6. The first-order valence-corrected chi connectivity index (χ1v) is 7.10. The van der Waals surface area contributed by atoms with Crippen molar-refractivity contribution < 1.29 is 14.3 Å². The molecule has 0 saturated carbocycles. The van der Waals surface area contributed by atoms with E-state index in [4.69, 9.17) is 10.5 Å². The maximum atomic E-state index is 12.0. The Morgan fingerprint density at radius 2 is 2.35 bits per heavy atom. The van der Waals surface area contributed by atoms with Gasteiger partial charge in [0.05, 0.1) is 7.11 Å². The molecule has 7 nitrogen and oxygen atoms in total. The number of carbonyl (C=O) groups excluding carboxylic acids is 2. The molecule has 2 N–H and O–H groups in total. The lowest BCUT2D eigenvalue weighted by atomic mass is 10.1. The third kappa shape index (κ3) is 3.38. The third-order valence-corrected chi connectivity index (χ3v) is 3.93. The van der Waals surface area contributed by atoms with Gasteiger partial charge in [0.15, 0.2) is 5.12 Å². The number of anilines is 2. The number of aromatic nitrogens is 2. The van der Waals surface area contributed by atoms with Crippen LogP contribution in [0.3, 0.4) is 0 Å². The van der Waals surface area contributed by atoms with Gasteiger partial charge in [-0.15, -0.1) is 0 Å². The highest BCUT2D eigenvalue weighted by Gasteiger charge is 2.32. The van der Waals surface area contributed by atoms with Crippen molar-refractivity contribution in [1.29, 1.82) is 0 Å². The number of rotatable bonds is 4. The number of nitrogen functional groups attached to an aromatic ring is 1. The Morgan fingerprint density at radius 1 is 1.60 bits per heavy atom. The maximum Gasteiger partial charge on any atom is 0.237 e. The Labute approximate surface area is 120 Å². The molecule has 0 spiro atoms. The molecule has 1 saturated heterocycles. The second-order valence-electron chi connectivity index (χ2n) is 4.51. The average Bonchev–Trinajstić information content (AvgIpc) is 2.77. The first-order valence-electron chi connectivity index (χ1n) is 6.12. The zero-order valence-corrected chi connectivity index (χ0v) is 12.1. The van der Waals surface area contributed by atoms with Gasteiger partial charge < -0.3 is 10.5 Å². The van der Waals surface area contributed by atoms with Crippen molar-refractivity contribution in [2.45, 2.75) is 13.3 Å². The van der Waals surface area contributed by atoms with Crippen molar-refractivity contribution >= 4 is 34.6 Å². The van der Waals surface area contributed by atoms with Gasteiger partial charge in [-0.25, -0.2) is 0 Å². The lowest BCUT2D eigenvalue weighted by molar-refractivity contribution is -0.117. The minimum absolute atomic E-state index is 0.0535. The Bertz CT molecular complexity index is 537. The summed E-state index contributed by atoms with van der Waals surface area (Å²) in [5.74, 6) is 1.50.